The number of hydrogen-bond acceptors (Lipinski definition) is 5. The lowest BCUT2D eigenvalue weighted by Gasteiger charge is -2.30. The van der Waals surface area contributed by atoms with Gasteiger partial charge in [0.15, 0.2) is 0 Å². The molecule has 0 spiro atoms. The summed E-state index contributed by atoms with van der Waals surface area (Å²) >= 11 is 0. The first-order valence-corrected chi connectivity index (χ1v) is 10.0. The van der Waals surface area contributed by atoms with E-state index in [-0.39, 0.29) is 17.0 Å². The highest BCUT2D eigenvalue weighted by Crippen LogP contribution is 2.36. The van der Waals surface area contributed by atoms with Crippen molar-refractivity contribution in [3.63, 3.8) is 0 Å². The van der Waals surface area contributed by atoms with Crippen molar-refractivity contribution in [2.24, 2.45) is 0 Å². The Hall–Kier alpha value is -1.15. The minimum atomic E-state index is -3.53. The molecule has 0 unspecified atom stereocenters. The Labute approximate surface area is 144 Å². The van der Waals surface area contributed by atoms with Crippen LogP contribution in [0.3, 0.4) is 0 Å². The number of ether oxygens (including phenoxy) is 2. The van der Waals surface area contributed by atoms with E-state index in [4.69, 9.17) is 9.47 Å². The number of benzene rings is 1. The molecule has 0 aromatic heterocycles. The largest absolute Gasteiger partial charge is 0.487 e. The van der Waals surface area contributed by atoms with E-state index in [0.717, 1.165) is 32.5 Å². The number of hydrogen-bond donors (Lipinski definition) is 0. The van der Waals surface area contributed by atoms with Crippen molar-refractivity contribution < 1.29 is 17.9 Å². The van der Waals surface area contributed by atoms with Gasteiger partial charge in [-0.1, -0.05) is 19.1 Å². The zero-order valence-electron chi connectivity index (χ0n) is 14.3. The van der Waals surface area contributed by atoms with E-state index in [0.29, 0.717) is 18.9 Å². The number of likely N-dealkylation sites (N-methyl/N-ethyl adjacent to an activating group) is 1. The van der Waals surface area contributed by atoms with Crippen LogP contribution < -0.4 is 4.74 Å². The van der Waals surface area contributed by atoms with Crippen molar-refractivity contribution >= 4 is 10.0 Å². The van der Waals surface area contributed by atoms with Gasteiger partial charge in [0.1, 0.15) is 16.7 Å². The quantitative estimate of drug-likeness (QED) is 0.821. The minimum Gasteiger partial charge on any atom is -0.487 e. The molecule has 2 aliphatic rings. The molecule has 0 radical (unpaired) electrons. The van der Waals surface area contributed by atoms with Crippen molar-refractivity contribution in [2.45, 2.75) is 36.8 Å². The van der Waals surface area contributed by atoms with Gasteiger partial charge in [0.25, 0.3) is 0 Å². The number of sulfonamides is 1. The summed E-state index contributed by atoms with van der Waals surface area (Å²) in [5.74, 6) is 0.480. The molecule has 0 bridgehead atoms. The SMILES string of the molecule is CCN1[C@H]2CCN(CCOC)CC[C@@H]2Oc2ccccc2S1(=O)=O. The highest BCUT2D eigenvalue weighted by atomic mass is 32.2. The molecule has 0 aliphatic carbocycles. The second-order valence-corrected chi connectivity index (χ2v) is 8.15. The molecule has 2 aliphatic heterocycles. The number of para-hydroxylation sites is 1. The van der Waals surface area contributed by atoms with Crippen LogP contribution in [0.4, 0.5) is 0 Å². The molecule has 6 nitrogen and oxygen atoms in total. The first kappa shape index (κ1) is 17.7. The van der Waals surface area contributed by atoms with Gasteiger partial charge in [0, 0.05) is 26.7 Å². The fraction of sp³-hybridized carbons (Fsp3) is 0.647. The van der Waals surface area contributed by atoms with Gasteiger partial charge in [0.05, 0.1) is 12.6 Å². The average molecular weight is 354 g/mol. The van der Waals surface area contributed by atoms with E-state index >= 15 is 0 Å². The maximum Gasteiger partial charge on any atom is 0.247 e. The van der Waals surface area contributed by atoms with Gasteiger partial charge >= 0.3 is 0 Å². The van der Waals surface area contributed by atoms with E-state index in [1.54, 1.807) is 29.6 Å². The summed E-state index contributed by atoms with van der Waals surface area (Å²) in [6.45, 7) is 5.66. The van der Waals surface area contributed by atoms with Gasteiger partial charge in [0.2, 0.25) is 10.0 Å². The van der Waals surface area contributed by atoms with Gasteiger partial charge < -0.3 is 14.4 Å². The number of nitrogens with zero attached hydrogens (tertiary/aromatic N) is 2. The van der Waals surface area contributed by atoms with E-state index in [1.165, 1.54) is 0 Å². The normalized spacial score (nSPS) is 27.4. The molecular weight excluding hydrogens is 328 g/mol. The Kier molecular flexibility index (Phi) is 5.44. The summed E-state index contributed by atoms with van der Waals surface area (Å²) in [6, 6.07) is 6.86. The Morgan fingerprint density at radius 3 is 2.75 bits per heavy atom. The Bertz CT molecular complexity index is 664. The van der Waals surface area contributed by atoms with Crippen LogP contribution in [0.2, 0.25) is 0 Å². The van der Waals surface area contributed by atoms with E-state index < -0.39 is 10.0 Å². The molecule has 7 heteroatoms. The van der Waals surface area contributed by atoms with Crippen LogP contribution in [0, 0.1) is 0 Å². The highest BCUT2D eigenvalue weighted by Gasteiger charge is 2.42. The molecule has 1 fully saturated rings. The molecule has 24 heavy (non-hydrogen) atoms. The van der Waals surface area contributed by atoms with Crippen LogP contribution in [0.25, 0.3) is 0 Å². The van der Waals surface area contributed by atoms with Crippen molar-refractivity contribution in [1.82, 2.24) is 9.21 Å². The lowest BCUT2D eigenvalue weighted by Crippen LogP contribution is -2.46. The number of fused-ring (bicyclic) bond motifs is 2. The van der Waals surface area contributed by atoms with Gasteiger partial charge in [-0.3, -0.25) is 0 Å². The lowest BCUT2D eigenvalue weighted by atomic mass is 10.1. The molecule has 0 saturated carbocycles. The van der Waals surface area contributed by atoms with Crippen molar-refractivity contribution in [3.05, 3.63) is 24.3 Å². The van der Waals surface area contributed by atoms with Crippen molar-refractivity contribution in [2.75, 3.05) is 39.9 Å². The monoisotopic (exact) mass is 354 g/mol. The van der Waals surface area contributed by atoms with Crippen molar-refractivity contribution in [3.8, 4) is 5.75 Å². The van der Waals surface area contributed by atoms with E-state index in [2.05, 4.69) is 4.90 Å². The third-order valence-electron chi connectivity index (χ3n) is 4.91. The smallest absolute Gasteiger partial charge is 0.247 e. The molecule has 1 aromatic carbocycles. The first-order chi connectivity index (χ1) is 11.6. The maximum atomic E-state index is 13.1. The third-order valence-corrected chi connectivity index (χ3v) is 6.95. The van der Waals surface area contributed by atoms with E-state index in [1.807, 2.05) is 13.0 Å². The molecule has 2 heterocycles. The van der Waals surface area contributed by atoms with Gasteiger partial charge in [-0.05, 0) is 31.5 Å². The van der Waals surface area contributed by atoms with Crippen LogP contribution in [-0.4, -0.2) is 69.7 Å². The fourth-order valence-electron chi connectivity index (χ4n) is 3.66. The number of likely N-dealkylation sites (tertiary alicyclic amines) is 1. The predicted molar refractivity (Wildman–Crippen MR) is 91.8 cm³/mol. The Morgan fingerprint density at radius 1 is 1.25 bits per heavy atom. The molecule has 0 amide bonds. The third kappa shape index (κ3) is 3.31. The van der Waals surface area contributed by atoms with Crippen molar-refractivity contribution in [1.29, 1.82) is 0 Å². The van der Waals surface area contributed by atoms with Crippen LogP contribution in [0.15, 0.2) is 29.2 Å². The summed E-state index contributed by atoms with van der Waals surface area (Å²) in [4.78, 5) is 2.62. The summed E-state index contributed by atoms with van der Waals surface area (Å²) < 4.78 is 39.2. The van der Waals surface area contributed by atoms with Gasteiger partial charge in [-0.2, -0.15) is 4.31 Å². The summed E-state index contributed by atoms with van der Waals surface area (Å²) in [5, 5.41) is 0. The van der Waals surface area contributed by atoms with Crippen LogP contribution in [0.5, 0.6) is 5.75 Å². The lowest BCUT2D eigenvalue weighted by molar-refractivity contribution is 0.114. The molecule has 1 aromatic rings. The second-order valence-electron chi connectivity index (χ2n) is 6.29. The Balaban J connectivity index is 1.92. The minimum absolute atomic E-state index is 0.115. The van der Waals surface area contributed by atoms with Crippen LogP contribution in [0.1, 0.15) is 19.8 Å². The van der Waals surface area contributed by atoms with Gasteiger partial charge in [-0.15, -0.1) is 0 Å². The molecule has 0 N–H and O–H groups in total. The molecule has 3 rings (SSSR count). The second kappa shape index (κ2) is 7.39. The maximum absolute atomic E-state index is 13.1. The predicted octanol–water partition coefficient (Wildman–Crippen LogP) is 1.57. The topological polar surface area (TPSA) is 59.1 Å². The average Bonchev–Trinajstić information content (AvgIpc) is 2.81. The summed E-state index contributed by atoms with van der Waals surface area (Å²) in [6.07, 6.45) is 1.47. The number of methoxy groups -OCH3 is 1. The summed E-state index contributed by atoms with van der Waals surface area (Å²) in [7, 11) is -1.82. The zero-order valence-corrected chi connectivity index (χ0v) is 15.2. The fourth-order valence-corrected chi connectivity index (χ4v) is 5.47. The van der Waals surface area contributed by atoms with Crippen LogP contribution >= 0.6 is 0 Å². The van der Waals surface area contributed by atoms with Crippen LogP contribution in [-0.2, 0) is 14.8 Å². The standard InChI is InChI=1S/C17H26N2O4S/c1-3-19-14-8-10-18(12-13-22-2)11-9-15(14)23-16-6-4-5-7-17(16)24(19,20)21/h4-7,14-15H,3,8-13H2,1-2H3/t14-,15-/m0/s1. The zero-order chi connectivity index (χ0) is 17.2. The summed E-state index contributed by atoms with van der Waals surface area (Å²) in [5.41, 5.74) is 0. The van der Waals surface area contributed by atoms with Gasteiger partial charge in [-0.25, -0.2) is 8.42 Å². The van der Waals surface area contributed by atoms with E-state index in [9.17, 15) is 8.42 Å². The molecular formula is C17H26N2O4S. The first-order valence-electron chi connectivity index (χ1n) is 8.56. The highest BCUT2D eigenvalue weighted by molar-refractivity contribution is 7.89. The molecule has 2 atom stereocenters. The number of rotatable bonds is 4. The molecule has 134 valence electrons. The molecule has 1 saturated heterocycles. The Morgan fingerprint density at radius 2 is 2.00 bits per heavy atom.